The minimum Gasteiger partial charge on any atom is -0.481 e. The summed E-state index contributed by atoms with van der Waals surface area (Å²) in [5, 5.41) is 13.1. The lowest BCUT2D eigenvalue weighted by Gasteiger charge is -2.43. The Morgan fingerprint density at radius 3 is 2.65 bits per heavy atom. The first-order valence-corrected chi connectivity index (χ1v) is 7.30. The fraction of sp³-hybridized carbons (Fsp3) is 0.786. The zero-order chi connectivity index (χ0) is 14.6. The Labute approximate surface area is 119 Å². The van der Waals surface area contributed by atoms with E-state index in [9.17, 15) is 9.90 Å². The molecule has 0 amide bonds. The van der Waals surface area contributed by atoms with Gasteiger partial charge in [-0.2, -0.15) is 4.98 Å². The van der Waals surface area contributed by atoms with Crippen LogP contribution in [-0.2, 0) is 17.8 Å². The number of rotatable bonds is 6. The summed E-state index contributed by atoms with van der Waals surface area (Å²) < 4.78 is 5.22. The number of aliphatic carboxylic acids is 1. The van der Waals surface area contributed by atoms with Crippen LogP contribution in [0.4, 0.5) is 0 Å². The molecule has 112 valence electrons. The highest BCUT2D eigenvalue weighted by atomic mass is 16.5. The molecule has 1 saturated carbocycles. The Morgan fingerprint density at radius 1 is 1.40 bits per heavy atom. The molecule has 0 spiro atoms. The third kappa shape index (κ3) is 3.36. The summed E-state index contributed by atoms with van der Waals surface area (Å²) in [5.74, 6) is 0.530. The predicted molar refractivity (Wildman–Crippen MR) is 73.2 cm³/mol. The Morgan fingerprint density at radius 2 is 2.10 bits per heavy atom. The molecule has 0 bridgehead atoms. The molecule has 6 nitrogen and oxygen atoms in total. The van der Waals surface area contributed by atoms with Gasteiger partial charge in [0.1, 0.15) is 0 Å². The van der Waals surface area contributed by atoms with E-state index >= 15 is 0 Å². The van der Waals surface area contributed by atoms with E-state index in [0.29, 0.717) is 18.3 Å². The molecule has 0 unspecified atom stereocenters. The average Bonchev–Trinajstić information content (AvgIpc) is 2.86. The first kappa shape index (κ1) is 15.0. The van der Waals surface area contributed by atoms with Gasteiger partial charge < -0.3 is 9.63 Å². The van der Waals surface area contributed by atoms with Crippen molar-refractivity contribution in [3.63, 3.8) is 0 Å². The van der Waals surface area contributed by atoms with E-state index in [-0.39, 0.29) is 12.0 Å². The van der Waals surface area contributed by atoms with E-state index in [2.05, 4.69) is 15.0 Å². The Bertz CT molecular complexity index is 452. The van der Waals surface area contributed by atoms with Crippen LogP contribution < -0.4 is 0 Å². The molecule has 1 aliphatic rings. The molecule has 0 atom stereocenters. The smallest absolute Gasteiger partial charge is 0.305 e. The Kier molecular flexibility index (Phi) is 4.75. The Balaban J connectivity index is 2.09. The number of nitrogens with zero attached hydrogens (tertiary/aromatic N) is 3. The van der Waals surface area contributed by atoms with Crippen molar-refractivity contribution < 1.29 is 14.4 Å². The third-order valence-corrected chi connectivity index (χ3v) is 4.27. The number of aromatic nitrogens is 2. The van der Waals surface area contributed by atoms with Gasteiger partial charge in [0.25, 0.3) is 0 Å². The van der Waals surface area contributed by atoms with Crippen molar-refractivity contribution in [2.45, 2.75) is 64.0 Å². The summed E-state index contributed by atoms with van der Waals surface area (Å²) in [6.07, 6.45) is 6.12. The maximum absolute atomic E-state index is 11.2. The number of carboxylic acid groups (broad SMARTS) is 1. The van der Waals surface area contributed by atoms with Crippen LogP contribution in [0.2, 0.25) is 0 Å². The summed E-state index contributed by atoms with van der Waals surface area (Å²) in [7, 11) is 1.96. The van der Waals surface area contributed by atoms with Crippen molar-refractivity contribution in [2.24, 2.45) is 0 Å². The zero-order valence-electron chi connectivity index (χ0n) is 12.3. The van der Waals surface area contributed by atoms with Gasteiger partial charge in [-0.1, -0.05) is 31.3 Å². The van der Waals surface area contributed by atoms with Crippen LogP contribution in [0.25, 0.3) is 0 Å². The largest absolute Gasteiger partial charge is 0.481 e. The minimum atomic E-state index is -0.737. The van der Waals surface area contributed by atoms with Gasteiger partial charge in [0.15, 0.2) is 5.82 Å². The summed E-state index contributed by atoms with van der Waals surface area (Å²) in [4.78, 5) is 17.6. The number of carbonyl (C=O) groups is 1. The highest BCUT2D eigenvalue weighted by molar-refractivity contribution is 5.68. The van der Waals surface area contributed by atoms with E-state index < -0.39 is 5.97 Å². The van der Waals surface area contributed by atoms with Gasteiger partial charge in [0, 0.05) is 12.0 Å². The highest BCUT2D eigenvalue weighted by Crippen LogP contribution is 2.36. The minimum absolute atomic E-state index is 0.179. The summed E-state index contributed by atoms with van der Waals surface area (Å²) in [5.41, 5.74) is -0.273. The molecule has 1 aliphatic carbocycles. The van der Waals surface area contributed by atoms with Crippen LogP contribution in [0.5, 0.6) is 0 Å². The molecule has 1 N–H and O–H groups in total. The van der Waals surface area contributed by atoms with Crippen molar-refractivity contribution in [3.8, 4) is 0 Å². The maximum atomic E-state index is 11.2. The maximum Gasteiger partial charge on any atom is 0.305 e. The quantitative estimate of drug-likeness (QED) is 0.861. The molecular weight excluding hydrogens is 258 g/mol. The van der Waals surface area contributed by atoms with Crippen LogP contribution in [-0.4, -0.2) is 38.7 Å². The molecule has 20 heavy (non-hydrogen) atoms. The van der Waals surface area contributed by atoms with Crippen LogP contribution >= 0.6 is 0 Å². The van der Waals surface area contributed by atoms with E-state index in [1.807, 2.05) is 14.0 Å². The second-order valence-corrected chi connectivity index (χ2v) is 5.67. The van der Waals surface area contributed by atoms with Gasteiger partial charge in [-0.05, 0) is 19.9 Å². The fourth-order valence-electron chi connectivity index (χ4n) is 3.05. The second kappa shape index (κ2) is 6.35. The van der Waals surface area contributed by atoms with Crippen LogP contribution in [0.3, 0.4) is 0 Å². The van der Waals surface area contributed by atoms with Gasteiger partial charge in [-0.15, -0.1) is 0 Å². The van der Waals surface area contributed by atoms with E-state index in [1.165, 1.54) is 6.42 Å². The lowest BCUT2D eigenvalue weighted by Crippen LogP contribution is -2.49. The highest BCUT2D eigenvalue weighted by Gasteiger charge is 2.38. The number of hydrogen-bond donors (Lipinski definition) is 1. The summed E-state index contributed by atoms with van der Waals surface area (Å²) in [6, 6.07) is 0. The first-order chi connectivity index (χ1) is 9.55. The topological polar surface area (TPSA) is 79.5 Å². The van der Waals surface area contributed by atoms with E-state index in [0.717, 1.165) is 32.1 Å². The predicted octanol–water partition coefficient (Wildman–Crippen LogP) is 2.24. The normalized spacial score (nSPS) is 18.4. The SMILES string of the molecule is CCc1noc(CN(C)C2(CC(=O)O)CCCCC2)n1. The summed E-state index contributed by atoms with van der Waals surface area (Å²) in [6.45, 7) is 2.49. The zero-order valence-corrected chi connectivity index (χ0v) is 12.3. The van der Waals surface area contributed by atoms with Crippen LogP contribution in [0.15, 0.2) is 4.52 Å². The fourth-order valence-corrected chi connectivity index (χ4v) is 3.05. The molecule has 0 aromatic carbocycles. The van der Waals surface area contributed by atoms with Crippen molar-refractivity contribution in [2.75, 3.05) is 7.05 Å². The average molecular weight is 281 g/mol. The third-order valence-electron chi connectivity index (χ3n) is 4.27. The van der Waals surface area contributed by atoms with E-state index in [4.69, 9.17) is 4.52 Å². The number of hydrogen-bond acceptors (Lipinski definition) is 5. The van der Waals surface area contributed by atoms with Crippen molar-refractivity contribution >= 4 is 5.97 Å². The van der Waals surface area contributed by atoms with Gasteiger partial charge in [-0.3, -0.25) is 9.69 Å². The van der Waals surface area contributed by atoms with Gasteiger partial charge >= 0.3 is 5.97 Å². The lowest BCUT2D eigenvalue weighted by molar-refractivity contribution is -0.141. The van der Waals surface area contributed by atoms with Gasteiger partial charge in [-0.25, -0.2) is 0 Å². The molecule has 1 aromatic rings. The van der Waals surface area contributed by atoms with Crippen molar-refractivity contribution in [3.05, 3.63) is 11.7 Å². The molecule has 1 fully saturated rings. The van der Waals surface area contributed by atoms with Crippen molar-refractivity contribution in [1.29, 1.82) is 0 Å². The van der Waals surface area contributed by atoms with Crippen molar-refractivity contribution in [1.82, 2.24) is 15.0 Å². The lowest BCUT2D eigenvalue weighted by atomic mass is 9.78. The molecule has 0 radical (unpaired) electrons. The van der Waals surface area contributed by atoms with Crippen LogP contribution in [0.1, 0.15) is 57.2 Å². The second-order valence-electron chi connectivity index (χ2n) is 5.67. The summed E-state index contributed by atoms with van der Waals surface area (Å²) >= 11 is 0. The van der Waals surface area contributed by atoms with Gasteiger partial charge in [0.05, 0.1) is 13.0 Å². The molecule has 6 heteroatoms. The Hall–Kier alpha value is -1.43. The number of aryl methyl sites for hydroxylation is 1. The number of carboxylic acids is 1. The molecule has 1 aromatic heterocycles. The standard InChI is InChI=1S/C14H23N3O3/c1-3-11-15-12(20-16-11)10-17(2)14(9-13(18)19)7-5-4-6-8-14/h3-10H2,1-2H3,(H,18,19). The molecule has 1 heterocycles. The molecule has 2 rings (SSSR count). The van der Waals surface area contributed by atoms with E-state index in [1.54, 1.807) is 0 Å². The molecule has 0 aliphatic heterocycles. The van der Waals surface area contributed by atoms with Gasteiger partial charge in [0.2, 0.25) is 5.89 Å². The monoisotopic (exact) mass is 281 g/mol. The molecule has 0 saturated heterocycles. The first-order valence-electron chi connectivity index (χ1n) is 7.30. The van der Waals surface area contributed by atoms with Crippen LogP contribution in [0, 0.1) is 0 Å². The molecular formula is C14H23N3O3.